The van der Waals surface area contributed by atoms with Gasteiger partial charge in [-0.2, -0.15) is 5.10 Å². The van der Waals surface area contributed by atoms with Gasteiger partial charge >= 0.3 is 0 Å². The molecule has 0 unspecified atom stereocenters. The van der Waals surface area contributed by atoms with Crippen molar-refractivity contribution in [2.75, 3.05) is 11.5 Å². The molecule has 108 valence electrons. The van der Waals surface area contributed by atoms with Crippen LogP contribution in [0.4, 0.5) is 0 Å². The molecule has 3 rings (SSSR count). The van der Waals surface area contributed by atoms with E-state index in [0.29, 0.717) is 28.8 Å². The van der Waals surface area contributed by atoms with Crippen molar-refractivity contribution >= 4 is 32.5 Å². The summed E-state index contributed by atoms with van der Waals surface area (Å²) in [5.74, 6) is 0.423. The third-order valence-corrected chi connectivity index (χ3v) is 5.65. The van der Waals surface area contributed by atoms with Gasteiger partial charge in [-0.05, 0) is 13.3 Å². The van der Waals surface area contributed by atoms with Gasteiger partial charge in [0.15, 0.2) is 15.3 Å². The maximum absolute atomic E-state index is 12.1. The first kappa shape index (κ1) is 13.6. The van der Waals surface area contributed by atoms with Gasteiger partial charge in [-0.3, -0.25) is 4.79 Å². The standard InChI is InChI=1S/C12H14ClN3O3S/c1-7-11-10(17)4-8(5-13)14-12(11)16(15-7)9-2-3-20(18,19)6-9/h4,9H,2-3,5-6H2,1H3,(H,14,17)/t9-/m0/s1. The molecule has 0 spiro atoms. The van der Waals surface area contributed by atoms with Crippen LogP contribution < -0.4 is 5.43 Å². The van der Waals surface area contributed by atoms with E-state index in [1.54, 1.807) is 11.6 Å². The second-order valence-corrected chi connectivity index (χ2v) is 7.60. The Balaban J connectivity index is 2.22. The SMILES string of the molecule is Cc1nn([C@H]2CCS(=O)(=O)C2)c2[nH]c(CCl)cc(=O)c12. The van der Waals surface area contributed by atoms with Crippen LogP contribution in [-0.2, 0) is 15.7 Å². The van der Waals surface area contributed by atoms with Gasteiger partial charge in [0.05, 0.1) is 34.5 Å². The number of aromatic amines is 1. The number of hydrogen-bond acceptors (Lipinski definition) is 4. The summed E-state index contributed by atoms with van der Waals surface area (Å²) in [4.78, 5) is 15.2. The van der Waals surface area contributed by atoms with E-state index in [1.165, 1.54) is 6.07 Å². The van der Waals surface area contributed by atoms with Crippen molar-refractivity contribution < 1.29 is 8.42 Å². The van der Waals surface area contributed by atoms with Crippen LogP contribution in [0.2, 0.25) is 0 Å². The van der Waals surface area contributed by atoms with Crippen LogP contribution in [0.5, 0.6) is 0 Å². The molecule has 8 heteroatoms. The highest BCUT2D eigenvalue weighted by atomic mass is 35.5. The lowest BCUT2D eigenvalue weighted by Gasteiger charge is -2.10. The molecule has 1 aliphatic rings. The average molecular weight is 316 g/mol. The summed E-state index contributed by atoms with van der Waals surface area (Å²) in [5.41, 5.74) is 1.63. The molecule has 3 heterocycles. The summed E-state index contributed by atoms with van der Waals surface area (Å²) in [6.45, 7) is 1.75. The fourth-order valence-corrected chi connectivity index (χ4v) is 4.52. The van der Waals surface area contributed by atoms with Gasteiger partial charge in [0.2, 0.25) is 0 Å². The lowest BCUT2D eigenvalue weighted by molar-refractivity contribution is 0.509. The molecule has 20 heavy (non-hydrogen) atoms. The van der Waals surface area contributed by atoms with Crippen molar-refractivity contribution in [3.8, 4) is 0 Å². The Morgan fingerprint density at radius 3 is 2.90 bits per heavy atom. The Morgan fingerprint density at radius 2 is 2.30 bits per heavy atom. The van der Waals surface area contributed by atoms with E-state index < -0.39 is 9.84 Å². The molecule has 1 aliphatic heterocycles. The molecular weight excluding hydrogens is 302 g/mol. The number of rotatable bonds is 2. The molecular formula is C12H14ClN3O3S. The van der Waals surface area contributed by atoms with Gasteiger partial charge in [-0.1, -0.05) is 0 Å². The molecule has 0 aromatic carbocycles. The molecule has 2 aromatic heterocycles. The Kier molecular flexibility index (Phi) is 3.13. The number of hydrogen-bond donors (Lipinski definition) is 1. The van der Waals surface area contributed by atoms with Crippen molar-refractivity contribution in [2.24, 2.45) is 0 Å². The number of alkyl halides is 1. The number of sulfone groups is 1. The first-order valence-electron chi connectivity index (χ1n) is 6.28. The highest BCUT2D eigenvalue weighted by Crippen LogP contribution is 2.26. The van der Waals surface area contributed by atoms with Crippen LogP contribution in [0.25, 0.3) is 11.0 Å². The number of H-pyrrole nitrogens is 1. The van der Waals surface area contributed by atoms with Gasteiger partial charge in [0.25, 0.3) is 0 Å². The fourth-order valence-electron chi connectivity index (χ4n) is 2.69. The second kappa shape index (κ2) is 4.60. The van der Waals surface area contributed by atoms with E-state index >= 15 is 0 Å². The maximum Gasteiger partial charge on any atom is 0.193 e. The van der Waals surface area contributed by atoms with Crippen molar-refractivity contribution in [1.82, 2.24) is 14.8 Å². The molecule has 0 bridgehead atoms. The zero-order chi connectivity index (χ0) is 14.5. The highest BCUT2D eigenvalue weighted by Gasteiger charge is 2.31. The molecule has 0 saturated carbocycles. The molecule has 0 amide bonds. The van der Waals surface area contributed by atoms with Crippen molar-refractivity contribution in [2.45, 2.75) is 25.3 Å². The summed E-state index contributed by atoms with van der Waals surface area (Å²) in [6.07, 6.45) is 0.520. The van der Waals surface area contributed by atoms with Crippen LogP contribution in [0.15, 0.2) is 10.9 Å². The topological polar surface area (TPSA) is 84.8 Å². The number of nitrogens with zero attached hydrogens (tertiary/aromatic N) is 2. The average Bonchev–Trinajstić information content (AvgIpc) is 2.90. The van der Waals surface area contributed by atoms with Gasteiger partial charge in [-0.25, -0.2) is 13.1 Å². The maximum atomic E-state index is 12.1. The molecule has 0 radical (unpaired) electrons. The summed E-state index contributed by atoms with van der Waals surface area (Å²) < 4.78 is 24.9. The molecule has 1 atom stereocenters. The minimum Gasteiger partial charge on any atom is -0.342 e. The predicted octanol–water partition coefficient (Wildman–Crippen LogP) is 1.13. The molecule has 1 saturated heterocycles. The normalized spacial score (nSPS) is 21.6. The quantitative estimate of drug-likeness (QED) is 0.842. The summed E-state index contributed by atoms with van der Waals surface area (Å²) in [5, 5.41) is 4.85. The third kappa shape index (κ3) is 2.14. The zero-order valence-corrected chi connectivity index (χ0v) is 12.5. The van der Waals surface area contributed by atoms with Gasteiger partial charge in [-0.15, -0.1) is 11.6 Å². The predicted molar refractivity (Wildman–Crippen MR) is 77.0 cm³/mol. The Labute approximate surface area is 120 Å². The molecule has 6 nitrogen and oxygen atoms in total. The lowest BCUT2D eigenvalue weighted by atomic mass is 10.2. The molecule has 1 N–H and O–H groups in total. The number of pyridine rings is 1. The number of nitrogens with one attached hydrogen (secondary N) is 1. The summed E-state index contributed by atoms with van der Waals surface area (Å²) >= 11 is 5.77. The molecule has 1 fully saturated rings. The smallest absolute Gasteiger partial charge is 0.193 e. The second-order valence-electron chi connectivity index (χ2n) is 5.10. The van der Waals surface area contributed by atoms with Crippen LogP contribution in [-0.4, -0.2) is 34.7 Å². The highest BCUT2D eigenvalue weighted by molar-refractivity contribution is 7.91. The molecule has 0 aliphatic carbocycles. The van der Waals surface area contributed by atoms with Crippen LogP contribution in [0.1, 0.15) is 23.9 Å². The monoisotopic (exact) mass is 315 g/mol. The Bertz CT molecular complexity index is 837. The zero-order valence-electron chi connectivity index (χ0n) is 10.9. The van der Waals surface area contributed by atoms with Gasteiger partial charge < -0.3 is 4.98 Å². The van der Waals surface area contributed by atoms with Crippen LogP contribution in [0.3, 0.4) is 0 Å². The Hall–Kier alpha value is -1.34. The van der Waals surface area contributed by atoms with E-state index in [1.807, 2.05) is 0 Å². The number of halogens is 1. The largest absolute Gasteiger partial charge is 0.342 e. The summed E-state index contributed by atoms with van der Waals surface area (Å²) in [7, 11) is -3.01. The van der Waals surface area contributed by atoms with Crippen molar-refractivity contribution in [3.63, 3.8) is 0 Å². The Morgan fingerprint density at radius 1 is 1.55 bits per heavy atom. The van der Waals surface area contributed by atoms with Crippen LogP contribution >= 0.6 is 11.6 Å². The third-order valence-electron chi connectivity index (χ3n) is 3.61. The van der Waals surface area contributed by atoms with E-state index in [4.69, 9.17) is 11.6 Å². The number of aromatic nitrogens is 3. The lowest BCUT2D eigenvalue weighted by Crippen LogP contribution is -2.14. The van der Waals surface area contributed by atoms with Gasteiger partial charge in [0.1, 0.15) is 5.65 Å². The number of fused-ring (bicyclic) bond motifs is 1. The van der Waals surface area contributed by atoms with E-state index in [0.717, 1.165) is 0 Å². The van der Waals surface area contributed by atoms with Crippen molar-refractivity contribution in [1.29, 1.82) is 0 Å². The van der Waals surface area contributed by atoms with E-state index in [-0.39, 0.29) is 28.9 Å². The van der Waals surface area contributed by atoms with Crippen LogP contribution in [0, 0.1) is 6.92 Å². The minimum atomic E-state index is -3.01. The minimum absolute atomic E-state index is 0.0658. The van der Waals surface area contributed by atoms with Gasteiger partial charge in [0, 0.05) is 11.8 Å². The first-order chi connectivity index (χ1) is 9.41. The van der Waals surface area contributed by atoms with E-state index in [2.05, 4.69) is 10.1 Å². The number of aryl methyl sites for hydroxylation is 1. The van der Waals surface area contributed by atoms with Crippen molar-refractivity contribution in [3.05, 3.63) is 27.7 Å². The summed E-state index contributed by atoms with van der Waals surface area (Å²) in [6, 6.07) is 1.23. The molecule has 2 aromatic rings. The first-order valence-corrected chi connectivity index (χ1v) is 8.64. The fraction of sp³-hybridized carbons (Fsp3) is 0.500. The van der Waals surface area contributed by atoms with E-state index in [9.17, 15) is 13.2 Å².